The highest BCUT2D eigenvalue weighted by Gasteiger charge is 2.21. The van der Waals surface area contributed by atoms with E-state index in [0.29, 0.717) is 23.1 Å². The van der Waals surface area contributed by atoms with Gasteiger partial charge in [0.1, 0.15) is 9.71 Å². The van der Waals surface area contributed by atoms with Crippen LogP contribution in [-0.2, 0) is 4.74 Å². The number of nitrogen functional groups attached to an aromatic ring is 1. The van der Waals surface area contributed by atoms with Gasteiger partial charge in [-0.3, -0.25) is 0 Å². The summed E-state index contributed by atoms with van der Waals surface area (Å²) in [6.45, 7) is 4.12. The molecule has 20 heavy (non-hydrogen) atoms. The molecule has 1 unspecified atom stereocenters. The molecule has 5 nitrogen and oxygen atoms in total. The molecule has 0 aromatic carbocycles. The Kier molecular flexibility index (Phi) is 3.58. The zero-order valence-corrected chi connectivity index (χ0v) is 12.1. The van der Waals surface area contributed by atoms with E-state index in [9.17, 15) is 4.79 Å². The van der Waals surface area contributed by atoms with E-state index in [1.165, 1.54) is 11.3 Å². The molecule has 0 aliphatic carbocycles. The van der Waals surface area contributed by atoms with Crippen LogP contribution < -0.4 is 11.1 Å². The summed E-state index contributed by atoms with van der Waals surface area (Å²) in [7, 11) is 0. The predicted octanol–water partition coefficient (Wildman–Crippen LogP) is 2.13. The van der Waals surface area contributed by atoms with Crippen LogP contribution in [0.25, 0.3) is 10.2 Å². The first-order valence-electron chi connectivity index (χ1n) is 6.77. The van der Waals surface area contributed by atoms with Crippen molar-refractivity contribution in [3.8, 4) is 0 Å². The third-order valence-corrected chi connectivity index (χ3v) is 4.65. The first-order chi connectivity index (χ1) is 9.70. The van der Waals surface area contributed by atoms with Crippen molar-refractivity contribution in [1.29, 1.82) is 0 Å². The van der Waals surface area contributed by atoms with Gasteiger partial charge in [-0.05, 0) is 32.0 Å². The monoisotopic (exact) mass is 291 g/mol. The molecule has 2 aromatic rings. The second-order valence-corrected chi connectivity index (χ2v) is 5.84. The van der Waals surface area contributed by atoms with Gasteiger partial charge < -0.3 is 15.8 Å². The Labute approximate surface area is 121 Å². The third kappa shape index (κ3) is 2.25. The van der Waals surface area contributed by atoms with Crippen LogP contribution >= 0.6 is 11.3 Å². The average molecular weight is 291 g/mol. The van der Waals surface area contributed by atoms with Crippen LogP contribution in [0, 0.1) is 0 Å². The summed E-state index contributed by atoms with van der Waals surface area (Å²) < 4.78 is 5.02. The number of anilines is 1. The standard InChI is InChI=1S/C14H17N3O2S/c1-2-19-14(18)12-11(15)9-3-4-10(17-13(9)20-12)8-5-6-16-7-8/h3-4,8,16H,2,5-7,15H2,1H3. The molecule has 1 atom stereocenters. The minimum Gasteiger partial charge on any atom is -0.462 e. The number of pyridine rings is 1. The Morgan fingerprint density at radius 3 is 3.15 bits per heavy atom. The van der Waals surface area contributed by atoms with Gasteiger partial charge in [-0.15, -0.1) is 11.3 Å². The molecule has 2 aromatic heterocycles. The summed E-state index contributed by atoms with van der Waals surface area (Å²) in [5.74, 6) is 0.0888. The molecule has 0 bridgehead atoms. The molecule has 1 saturated heterocycles. The van der Waals surface area contributed by atoms with Gasteiger partial charge in [0.05, 0.1) is 12.3 Å². The SMILES string of the molecule is CCOC(=O)c1sc2nc(C3CCNC3)ccc2c1N. The van der Waals surface area contributed by atoms with Crippen LogP contribution in [-0.4, -0.2) is 30.6 Å². The molecule has 1 aliphatic rings. The van der Waals surface area contributed by atoms with Gasteiger partial charge >= 0.3 is 5.97 Å². The summed E-state index contributed by atoms with van der Waals surface area (Å²) in [5, 5.41) is 4.18. The van der Waals surface area contributed by atoms with Gasteiger partial charge in [0.15, 0.2) is 0 Å². The number of thiophene rings is 1. The van der Waals surface area contributed by atoms with Crippen LogP contribution in [0.5, 0.6) is 0 Å². The van der Waals surface area contributed by atoms with Crippen molar-refractivity contribution >= 4 is 33.2 Å². The maximum absolute atomic E-state index is 11.8. The molecule has 0 amide bonds. The summed E-state index contributed by atoms with van der Waals surface area (Å²) in [6.07, 6.45) is 1.10. The van der Waals surface area contributed by atoms with E-state index in [1.54, 1.807) is 6.92 Å². The van der Waals surface area contributed by atoms with Crippen molar-refractivity contribution in [2.45, 2.75) is 19.3 Å². The molecule has 3 rings (SSSR count). The van der Waals surface area contributed by atoms with Crippen molar-refractivity contribution in [3.05, 3.63) is 22.7 Å². The Hall–Kier alpha value is -1.66. The van der Waals surface area contributed by atoms with Gasteiger partial charge in [-0.1, -0.05) is 0 Å². The van der Waals surface area contributed by atoms with Crippen LogP contribution in [0.3, 0.4) is 0 Å². The second kappa shape index (κ2) is 5.38. The van der Waals surface area contributed by atoms with E-state index in [1.807, 2.05) is 12.1 Å². The van der Waals surface area contributed by atoms with Crippen molar-refractivity contribution in [1.82, 2.24) is 10.3 Å². The van der Waals surface area contributed by atoms with E-state index >= 15 is 0 Å². The van der Waals surface area contributed by atoms with Gasteiger partial charge in [0.25, 0.3) is 0 Å². The van der Waals surface area contributed by atoms with E-state index in [0.717, 1.165) is 35.4 Å². The number of aromatic nitrogens is 1. The first kappa shape index (κ1) is 13.3. The van der Waals surface area contributed by atoms with E-state index in [2.05, 4.69) is 10.3 Å². The first-order valence-corrected chi connectivity index (χ1v) is 7.59. The smallest absolute Gasteiger partial charge is 0.350 e. The molecular weight excluding hydrogens is 274 g/mol. The highest BCUT2D eigenvalue weighted by atomic mass is 32.1. The molecule has 0 radical (unpaired) electrons. The van der Waals surface area contributed by atoms with Gasteiger partial charge in [0.2, 0.25) is 0 Å². The minimum atomic E-state index is -0.364. The quantitative estimate of drug-likeness (QED) is 0.847. The third-order valence-electron chi connectivity index (χ3n) is 3.55. The normalized spacial score (nSPS) is 18.6. The van der Waals surface area contributed by atoms with Crippen LogP contribution in [0.1, 0.15) is 34.6 Å². The van der Waals surface area contributed by atoms with Crippen LogP contribution in [0.15, 0.2) is 12.1 Å². The molecule has 3 N–H and O–H groups in total. The Morgan fingerprint density at radius 1 is 1.60 bits per heavy atom. The number of nitrogens with two attached hydrogens (primary N) is 1. The fraction of sp³-hybridized carbons (Fsp3) is 0.429. The van der Waals surface area contributed by atoms with Crippen molar-refractivity contribution in [2.75, 3.05) is 25.4 Å². The molecule has 1 fully saturated rings. The lowest BCUT2D eigenvalue weighted by Crippen LogP contribution is -2.08. The lowest BCUT2D eigenvalue weighted by Gasteiger charge is -2.06. The fourth-order valence-corrected chi connectivity index (χ4v) is 3.49. The molecule has 1 aliphatic heterocycles. The number of rotatable bonds is 3. The van der Waals surface area contributed by atoms with Crippen LogP contribution in [0.4, 0.5) is 5.69 Å². The molecule has 106 valence electrons. The molecular formula is C14H17N3O2S. The topological polar surface area (TPSA) is 77.2 Å². The number of carbonyl (C=O) groups excluding carboxylic acids is 1. The lowest BCUT2D eigenvalue weighted by atomic mass is 10.0. The van der Waals surface area contributed by atoms with Gasteiger partial charge in [0, 0.05) is 23.5 Å². The number of nitrogens with one attached hydrogen (secondary N) is 1. The number of ether oxygens (including phenoxy) is 1. The highest BCUT2D eigenvalue weighted by molar-refractivity contribution is 7.21. The Morgan fingerprint density at radius 2 is 2.45 bits per heavy atom. The van der Waals surface area contributed by atoms with E-state index < -0.39 is 0 Å². The van der Waals surface area contributed by atoms with E-state index in [-0.39, 0.29) is 5.97 Å². The number of esters is 1. The number of carbonyl (C=O) groups is 1. The highest BCUT2D eigenvalue weighted by Crippen LogP contribution is 2.34. The Bertz CT molecular complexity index is 647. The summed E-state index contributed by atoms with van der Waals surface area (Å²) in [6, 6.07) is 3.97. The maximum atomic E-state index is 11.8. The van der Waals surface area contributed by atoms with Crippen molar-refractivity contribution in [3.63, 3.8) is 0 Å². The second-order valence-electron chi connectivity index (χ2n) is 4.84. The van der Waals surface area contributed by atoms with Crippen molar-refractivity contribution < 1.29 is 9.53 Å². The average Bonchev–Trinajstić information content (AvgIpc) is 3.07. The number of nitrogens with zero attached hydrogens (tertiary/aromatic N) is 1. The largest absolute Gasteiger partial charge is 0.462 e. The van der Waals surface area contributed by atoms with Gasteiger partial charge in [-0.25, -0.2) is 9.78 Å². The number of hydrogen-bond acceptors (Lipinski definition) is 6. The molecule has 6 heteroatoms. The zero-order valence-electron chi connectivity index (χ0n) is 11.3. The van der Waals surface area contributed by atoms with Gasteiger partial charge in [-0.2, -0.15) is 0 Å². The minimum absolute atomic E-state index is 0.346. The summed E-state index contributed by atoms with van der Waals surface area (Å²) >= 11 is 1.31. The fourth-order valence-electron chi connectivity index (χ4n) is 2.49. The summed E-state index contributed by atoms with van der Waals surface area (Å²) in [5.41, 5.74) is 7.58. The van der Waals surface area contributed by atoms with E-state index in [4.69, 9.17) is 10.5 Å². The molecule has 0 spiro atoms. The number of fused-ring (bicyclic) bond motifs is 1. The maximum Gasteiger partial charge on any atom is 0.350 e. The summed E-state index contributed by atoms with van der Waals surface area (Å²) in [4.78, 5) is 17.8. The predicted molar refractivity (Wildman–Crippen MR) is 80.2 cm³/mol. The molecule has 3 heterocycles. The number of hydrogen-bond donors (Lipinski definition) is 2. The zero-order chi connectivity index (χ0) is 14.1. The van der Waals surface area contributed by atoms with Crippen LogP contribution in [0.2, 0.25) is 0 Å². The molecule has 0 saturated carbocycles. The Balaban J connectivity index is 2.00. The lowest BCUT2D eigenvalue weighted by molar-refractivity contribution is 0.0533. The van der Waals surface area contributed by atoms with Crippen molar-refractivity contribution in [2.24, 2.45) is 0 Å².